The molecule has 8 heteroatoms. The van der Waals surface area contributed by atoms with Crippen molar-refractivity contribution in [2.24, 2.45) is 0 Å². The summed E-state index contributed by atoms with van der Waals surface area (Å²) >= 11 is 18.8. The number of benzene rings is 3. The number of aryl methyl sites for hydroxylation is 2. The van der Waals surface area contributed by atoms with E-state index >= 15 is 0 Å². The maximum atomic E-state index is 6.66. The zero-order valence-electron chi connectivity index (χ0n) is 22.8. The minimum Gasteiger partial charge on any atom is -0.457 e. The molecule has 2 atom stereocenters. The van der Waals surface area contributed by atoms with Crippen LogP contribution < -0.4 is 15.0 Å². The second-order valence-electron chi connectivity index (χ2n) is 10.1. The molecule has 3 aromatic carbocycles. The van der Waals surface area contributed by atoms with E-state index in [2.05, 4.69) is 34.7 Å². The fraction of sp³-hybridized carbons (Fsp3) is 0.152. The van der Waals surface area contributed by atoms with Gasteiger partial charge in [0, 0.05) is 28.3 Å². The number of pyridine rings is 1. The molecule has 6 rings (SSSR count). The van der Waals surface area contributed by atoms with E-state index in [-0.39, 0.29) is 12.1 Å². The SMILES string of the molecule is Cc1ccccc1Oc1ccc(N2C(=S)N[C@H](c3ccccn3)[C@@H]2c2cc(C)n(-c3ccc(Cl)cc3Cl)c2C)cc1. The van der Waals surface area contributed by atoms with E-state index < -0.39 is 0 Å². The van der Waals surface area contributed by atoms with Gasteiger partial charge in [-0.15, -0.1) is 0 Å². The highest BCUT2D eigenvalue weighted by atomic mass is 35.5. The van der Waals surface area contributed by atoms with Gasteiger partial charge in [-0.05, 0) is 111 Å². The smallest absolute Gasteiger partial charge is 0.174 e. The van der Waals surface area contributed by atoms with Crippen LogP contribution in [0.1, 0.15) is 40.3 Å². The molecule has 1 fully saturated rings. The Kier molecular flexibility index (Phi) is 7.47. The van der Waals surface area contributed by atoms with Crippen LogP contribution in [-0.2, 0) is 0 Å². The molecule has 206 valence electrons. The lowest BCUT2D eigenvalue weighted by Gasteiger charge is -2.28. The van der Waals surface area contributed by atoms with Gasteiger partial charge in [0.15, 0.2) is 5.11 Å². The van der Waals surface area contributed by atoms with E-state index in [0.717, 1.165) is 51.1 Å². The molecule has 1 N–H and O–H groups in total. The molecule has 1 saturated heterocycles. The maximum Gasteiger partial charge on any atom is 0.174 e. The first-order valence-corrected chi connectivity index (χ1v) is 14.5. The number of hydrogen-bond acceptors (Lipinski definition) is 3. The van der Waals surface area contributed by atoms with Crippen LogP contribution in [-0.4, -0.2) is 14.7 Å². The normalized spacial score (nSPS) is 16.6. The summed E-state index contributed by atoms with van der Waals surface area (Å²) in [6.45, 7) is 6.23. The first kappa shape index (κ1) is 27.3. The standard InChI is InChI=1S/C33H28Cl2N4OS/c1-20-8-4-5-10-30(20)40-25-14-12-24(13-15-25)39-32(31(37-33(39)41)28-9-6-7-17-36-28)26-18-21(2)38(22(26)3)29-16-11-23(34)19-27(29)35/h4-19,31-32H,1-3H3,(H,37,41)/t31-,32+/m1/s1. The van der Waals surface area contributed by atoms with Crippen molar-refractivity contribution in [3.63, 3.8) is 0 Å². The lowest BCUT2D eigenvalue weighted by molar-refractivity contribution is 0.479. The van der Waals surface area contributed by atoms with E-state index in [0.29, 0.717) is 15.2 Å². The summed E-state index contributed by atoms with van der Waals surface area (Å²) in [4.78, 5) is 6.87. The van der Waals surface area contributed by atoms with Gasteiger partial charge in [-0.25, -0.2) is 0 Å². The number of halogens is 2. The Hall–Kier alpha value is -3.84. The lowest BCUT2D eigenvalue weighted by atomic mass is 9.96. The predicted octanol–water partition coefficient (Wildman–Crippen LogP) is 9.07. The third-order valence-electron chi connectivity index (χ3n) is 7.47. The summed E-state index contributed by atoms with van der Waals surface area (Å²) in [6.07, 6.45) is 1.81. The van der Waals surface area contributed by atoms with Crippen molar-refractivity contribution in [1.82, 2.24) is 14.9 Å². The molecule has 5 aromatic rings. The molecule has 0 saturated carbocycles. The first-order valence-electron chi connectivity index (χ1n) is 13.3. The monoisotopic (exact) mass is 598 g/mol. The molecule has 41 heavy (non-hydrogen) atoms. The molecular formula is C33H28Cl2N4OS. The van der Waals surface area contributed by atoms with Crippen molar-refractivity contribution < 1.29 is 4.74 Å². The van der Waals surface area contributed by atoms with Crippen molar-refractivity contribution in [3.8, 4) is 17.2 Å². The van der Waals surface area contributed by atoms with E-state index in [4.69, 9.17) is 45.1 Å². The van der Waals surface area contributed by atoms with Crippen molar-refractivity contribution in [1.29, 1.82) is 0 Å². The summed E-state index contributed by atoms with van der Waals surface area (Å²) in [5, 5.41) is 5.38. The van der Waals surface area contributed by atoms with Crippen LogP contribution in [0.3, 0.4) is 0 Å². The molecule has 2 aromatic heterocycles. The highest BCUT2D eigenvalue weighted by Gasteiger charge is 2.42. The van der Waals surface area contributed by atoms with E-state index in [9.17, 15) is 0 Å². The Balaban J connectivity index is 1.43. The minimum atomic E-state index is -0.166. The number of rotatable bonds is 6. The number of nitrogens with one attached hydrogen (secondary N) is 1. The molecule has 5 nitrogen and oxygen atoms in total. The molecule has 1 aliphatic rings. The fourth-order valence-corrected chi connectivity index (χ4v) is 6.38. The summed E-state index contributed by atoms with van der Waals surface area (Å²) in [5.74, 6) is 1.59. The lowest BCUT2D eigenvalue weighted by Crippen LogP contribution is -2.29. The van der Waals surface area contributed by atoms with Crippen molar-refractivity contribution in [2.75, 3.05) is 4.90 Å². The van der Waals surface area contributed by atoms with Gasteiger partial charge < -0.3 is 19.5 Å². The Morgan fingerprint density at radius 2 is 1.63 bits per heavy atom. The highest BCUT2D eigenvalue weighted by molar-refractivity contribution is 7.80. The van der Waals surface area contributed by atoms with Gasteiger partial charge in [0.2, 0.25) is 0 Å². The summed E-state index contributed by atoms with van der Waals surface area (Å²) in [7, 11) is 0. The van der Waals surface area contributed by atoms with Gasteiger partial charge in [-0.2, -0.15) is 0 Å². The fourth-order valence-electron chi connectivity index (χ4n) is 5.54. The Bertz CT molecular complexity index is 1740. The minimum absolute atomic E-state index is 0.161. The van der Waals surface area contributed by atoms with Gasteiger partial charge in [0.25, 0.3) is 0 Å². The molecule has 0 aliphatic carbocycles. The average molecular weight is 600 g/mol. The predicted molar refractivity (Wildman–Crippen MR) is 171 cm³/mol. The molecular weight excluding hydrogens is 571 g/mol. The number of hydrogen-bond donors (Lipinski definition) is 1. The van der Waals surface area contributed by atoms with Crippen LogP contribution in [0.2, 0.25) is 10.0 Å². The third-order valence-corrected chi connectivity index (χ3v) is 8.33. The summed E-state index contributed by atoms with van der Waals surface area (Å²) < 4.78 is 8.33. The maximum absolute atomic E-state index is 6.66. The molecule has 0 bridgehead atoms. The topological polar surface area (TPSA) is 42.3 Å². The number of anilines is 1. The van der Waals surface area contributed by atoms with Gasteiger partial charge >= 0.3 is 0 Å². The third kappa shape index (κ3) is 5.19. The molecule has 3 heterocycles. The quantitative estimate of drug-likeness (QED) is 0.197. The van der Waals surface area contributed by atoms with E-state index in [1.54, 1.807) is 6.07 Å². The van der Waals surface area contributed by atoms with Crippen molar-refractivity contribution in [2.45, 2.75) is 32.9 Å². The Morgan fingerprint density at radius 1 is 0.878 bits per heavy atom. The second kappa shape index (κ2) is 11.2. The average Bonchev–Trinajstić information content (AvgIpc) is 3.46. The Labute approximate surface area is 255 Å². The van der Waals surface area contributed by atoms with E-state index in [1.165, 1.54) is 0 Å². The van der Waals surface area contributed by atoms with Crippen LogP contribution in [0.4, 0.5) is 5.69 Å². The highest BCUT2D eigenvalue weighted by Crippen LogP contribution is 2.44. The van der Waals surface area contributed by atoms with Crippen LogP contribution in [0.25, 0.3) is 5.69 Å². The number of nitrogens with zero attached hydrogens (tertiary/aromatic N) is 3. The molecule has 0 spiro atoms. The first-order chi connectivity index (χ1) is 19.8. The van der Waals surface area contributed by atoms with Crippen LogP contribution in [0, 0.1) is 20.8 Å². The molecule has 0 amide bonds. The zero-order valence-corrected chi connectivity index (χ0v) is 25.1. The number of ether oxygens (including phenoxy) is 1. The molecule has 1 aliphatic heterocycles. The largest absolute Gasteiger partial charge is 0.457 e. The van der Waals surface area contributed by atoms with Gasteiger partial charge in [-0.3, -0.25) is 4.98 Å². The molecule has 0 radical (unpaired) electrons. The van der Waals surface area contributed by atoms with Gasteiger partial charge in [0.1, 0.15) is 11.5 Å². The van der Waals surface area contributed by atoms with Crippen LogP contribution >= 0.6 is 35.4 Å². The summed E-state index contributed by atoms with van der Waals surface area (Å²) in [5.41, 5.74) is 7.07. The van der Waals surface area contributed by atoms with Crippen molar-refractivity contribution >= 4 is 46.2 Å². The van der Waals surface area contributed by atoms with Crippen molar-refractivity contribution in [3.05, 3.63) is 135 Å². The van der Waals surface area contributed by atoms with Gasteiger partial charge in [0.05, 0.1) is 28.5 Å². The number of para-hydroxylation sites is 1. The second-order valence-corrected chi connectivity index (χ2v) is 11.3. The van der Waals surface area contributed by atoms with Crippen LogP contribution in [0.5, 0.6) is 11.5 Å². The zero-order chi connectivity index (χ0) is 28.7. The molecule has 0 unspecified atom stereocenters. The number of aromatic nitrogens is 2. The summed E-state index contributed by atoms with van der Waals surface area (Å²) in [6, 6.07) is 29.5. The number of thiocarbonyl (C=S) groups is 1. The van der Waals surface area contributed by atoms with Gasteiger partial charge in [-0.1, -0.05) is 47.5 Å². The van der Waals surface area contributed by atoms with Crippen LogP contribution in [0.15, 0.2) is 97.2 Å². The van der Waals surface area contributed by atoms with E-state index in [1.807, 2.05) is 92.0 Å². The Morgan fingerprint density at radius 3 is 2.34 bits per heavy atom.